The number of rotatable bonds is 3. The maximum atomic E-state index is 12.6. The Hall–Kier alpha value is -2.39. The summed E-state index contributed by atoms with van der Waals surface area (Å²) < 4.78 is 5.02. The fourth-order valence-electron chi connectivity index (χ4n) is 2.28. The molecule has 1 fully saturated rings. The van der Waals surface area contributed by atoms with E-state index in [0.29, 0.717) is 30.8 Å². The third kappa shape index (κ3) is 3.38. The SMILES string of the molecule is CCOC(=O)C1CNCCN1C(=O)c1cccc(C#N)c1. The minimum absolute atomic E-state index is 0.258. The molecule has 1 amide bonds. The van der Waals surface area contributed by atoms with Crippen molar-refractivity contribution >= 4 is 11.9 Å². The number of nitrogens with one attached hydrogen (secondary N) is 1. The number of hydrogen-bond donors (Lipinski definition) is 1. The van der Waals surface area contributed by atoms with Crippen LogP contribution in [0, 0.1) is 11.3 Å². The molecule has 0 saturated carbocycles. The smallest absolute Gasteiger partial charge is 0.330 e. The van der Waals surface area contributed by atoms with Gasteiger partial charge in [0.1, 0.15) is 6.04 Å². The predicted octanol–water partition coefficient (Wildman–Crippen LogP) is 0.535. The van der Waals surface area contributed by atoms with Crippen LogP contribution in [0.5, 0.6) is 0 Å². The molecule has 21 heavy (non-hydrogen) atoms. The summed E-state index contributed by atoms with van der Waals surface area (Å²) >= 11 is 0. The monoisotopic (exact) mass is 287 g/mol. The lowest BCUT2D eigenvalue weighted by Gasteiger charge is -2.34. The molecule has 1 aromatic rings. The van der Waals surface area contributed by atoms with Crippen molar-refractivity contribution in [3.8, 4) is 6.07 Å². The average Bonchev–Trinajstić information content (AvgIpc) is 2.54. The lowest BCUT2D eigenvalue weighted by molar-refractivity contribution is -0.149. The van der Waals surface area contributed by atoms with Crippen LogP contribution in [-0.2, 0) is 9.53 Å². The summed E-state index contributed by atoms with van der Waals surface area (Å²) in [5.41, 5.74) is 0.828. The molecule has 1 aliphatic heterocycles. The van der Waals surface area contributed by atoms with Gasteiger partial charge in [0.25, 0.3) is 5.91 Å². The van der Waals surface area contributed by atoms with Gasteiger partial charge in [-0.1, -0.05) is 6.07 Å². The zero-order valence-corrected chi connectivity index (χ0v) is 11.8. The van der Waals surface area contributed by atoms with E-state index in [-0.39, 0.29) is 12.5 Å². The van der Waals surface area contributed by atoms with Crippen LogP contribution in [-0.4, -0.2) is 49.1 Å². The van der Waals surface area contributed by atoms with Crippen LogP contribution < -0.4 is 5.32 Å². The molecule has 0 bridgehead atoms. The molecule has 0 aromatic heterocycles. The van der Waals surface area contributed by atoms with Crippen LogP contribution in [0.3, 0.4) is 0 Å². The molecule has 1 aliphatic rings. The second kappa shape index (κ2) is 6.86. The van der Waals surface area contributed by atoms with Gasteiger partial charge in [0.2, 0.25) is 0 Å². The van der Waals surface area contributed by atoms with Crippen LogP contribution in [0.2, 0.25) is 0 Å². The lowest BCUT2D eigenvalue weighted by atomic mass is 10.1. The number of amides is 1. The van der Waals surface area contributed by atoms with Gasteiger partial charge >= 0.3 is 5.97 Å². The Morgan fingerprint density at radius 1 is 1.52 bits per heavy atom. The molecule has 6 nitrogen and oxygen atoms in total. The summed E-state index contributed by atoms with van der Waals surface area (Å²) in [4.78, 5) is 26.0. The first-order chi connectivity index (χ1) is 10.2. The lowest BCUT2D eigenvalue weighted by Crippen LogP contribution is -2.57. The van der Waals surface area contributed by atoms with Gasteiger partial charge in [-0.05, 0) is 25.1 Å². The van der Waals surface area contributed by atoms with E-state index < -0.39 is 12.0 Å². The summed E-state index contributed by atoms with van der Waals surface area (Å²) in [5.74, 6) is -0.666. The number of esters is 1. The molecule has 1 unspecified atom stereocenters. The fourth-order valence-corrected chi connectivity index (χ4v) is 2.28. The highest BCUT2D eigenvalue weighted by Gasteiger charge is 2.33. The molecule has 1 atom stereocenters. The van der Waals surface area contributed by atoms with Crippen LogP contribution >= 0.6 is 0 Å². The van der Waals surface area contributed by atoms with Crippen molar-refractivity contribution in [2.24, 2.45) is 0 Å². The van der Waals surface area contributed by atoms with Gasteiger partial charge in [-0.3, -0.25) is 4.79 Å². The molecule has 0 spiro atoms. The van der Waals surface area contributed by atoms with Crippen molar-refractivity contribution in [1.82, 2.24) is 10.2 Å². The maximum Gasteiger partial charge on any atom is 0.330 e. The molecular weight excluding hydrogens is 270 g/mol. The summed E-state index contributed by atoms with van der Waals surface area (Å²) in [7, 11) is 0. The molecule has 1 aromatic carbocycles. The highest BCUT2D eigenvalue weighted by atomic mass is 16.5. The average molecular weight is 287 g/mol. The number of carbonyl (C=O) groups is 2. The van der Waals surface area contributed by atoms with Crippen LogP contribution in [0.4, 0.5) is 0 Å². The summed E-state index contributed by atoms with van der Waals surface area (Å²) in [6.07, 6.45) is 0. The Labute approximate surface area is 123 Å². The number of benzene rings is 1. The van der Waals surface area contributed by atoms with Crippen LogP contribution in [0.1, 0.15) is 22.8 Å². The van der Waals surface area contributed by atoms with Gasteiger partial charge in [-0.25, -0.2) is 4.79 Å². The Morgan fingerprint density at radius 2 is 2.33 bits per heavy atom. The van der Waals surface area contributed by atoms with Crippen molar-refractivity contribution in [1.29, 1.82) is 5.26 Å². The normalized spacial score (nSPS) is 17.9. The van der Waals surface area contributed by atoms with Crippen molar-refractivity contribution < 1.29 is 14.3 Å². The second-order valence-corrected chi connectivity index (χ2v) is 4.66. The van der Waals surface area contributed by atoms with Crippen molar-refractivity contribution in [2.45, 2.75) is 13.0 Å². The Bertz CT molecular complexity index is 580. The minimum Gasteiger partial charge on any atom is -0.464 e. The molecule has 110 valence electrons. The summed E-state index contributed by atoms with van der Waals surface area (Å²) in [6.45, 7) is 3.44. The molecule has 0 aliphatic carbocycles. The molecule has 0 radical (unpaired) electrons. The first kappa shape index (κ1) is 15.0. The molecular formula is C15H17N3O3. The van der Waals surface area contributed by atoms with Gasteiger partial charge < -0.3 is 15.0 Å². The standard InChI is InChI=1S/C15H17N3O3/c1-2-21-15(20)13-10-17-6-7-18(13)14(19)12-5-3-4-11(8-12)9-16/h3-5,8,13,17H,2,6-7,10H2,1H3. The van der Waals surface area contributed by atoms with Crippen molar-refractivity contribution in [3.63, 3.8) is 0 Å². The van der Waals surface area contributed by atoms with Crippen LogP contribution in [0.15, 0.2) is 24.3 Å². The quantitative estimate of drug-likeness (QED) is 0.820. The molecule has 2 rings (SSSR count). The second-order valence-electron chi connectivity index (χ2n) is 4.66. The van der Waals surface area contributed by atoms with Gasteiger partial charge in [-0.2, -0.15) is 5.26 Å². The number of nitrogens with zero attached hydrogens (tertiary/aromatic N) is 2. The predicted molar refractivity (Wildman–Crippen MR) is 75.5 cm³/mol. The largest absolute Gasteiger partial charge is 0.464 e. The highest BCUT2D eigenvalue weighted by Crippen LogP contribution is 2.13. The third-order valence-electron chi connectivity index (χ3n) is 3.30. The van der Waals surface area contributed by atoms with E-state index in [1.165, 1.54) is 11.0 Å². The van der Waals surface area contributed by atoms with Crippen molar-refractivity contribution in [2.75, 3.05) is 26.2 Å². The van der Waals surface area contributed by atoms with E-state index in [1.54, 1.807) is 25.1 Å². The molecule has 1 heterocycles. The molecule has 1 saturated heterocycles. The van der Waals surface area contributed by atoms with E-state index in [2.05, 4.69) is 5.32 Å². The van der Waals surface area contributed by atoms with Gasteiger partial charge in [0, 0.05) is 25.2 Å². The van der Waals surface area contributed by atoms with E-state index in [1.807, 2.05) is 6.07 Å². The third-order valence-corrected chi connectivity index (χ3v) is 3.30. The van der Waals surface area contributed by atoms with E-state index in [9.17, 15) is 9.59 Å². The fraction of sp³-hybridized carbons (Fsp3) is 0.400. The van der Waals surface area contributed by atoms with E-state index in [4.69, 9.17) is 10.00 Å². The van der Waals surface area contributed by atoms with Gasteiger partial charge in [-0.15, -0.1) is 0 Å². The Balaban J connectivity index is 2.22. The number of ether oxygens (including phenoxy) is 1. The van der Waals surface area contributed by atoms with Gasteiger partial charge in [0.15, 0.2) is 0 Å². The summed E-state index contributed by atoms with van der Waals surface area (Å²) in [6, 6.07) is 7.85. The molecule has 6 heteroatoms. The number of piperazine rings is 1. The van der Waals surface area contributed by atoms with E-state index in [0.717, 1.165) is 0 Å². The van der Waals surface area contributed by atoms with Crippen molar-refractivity contribution in [3.05, 3.63) is 35.4 Å². The highest BCUT2D eigenvalue weighted by molar-refractivity contribution is 5.97. The van der Waals surface area contributed by atoms with E-state index >= 15 is 0 Å². The number of carbonyl (C=O) groups excluding carboxylic acids is 2. The topological polar surface area (TPSA) is 82.4 Å². The Kier molecular flexibility index (Phi) is 4.90. The number of nitriles is 1. The van der Waals surface area contributed by atoms with Gasteiger partial charge in [0.05, 0.1) is 18.2 Å². The minimum atomic E-state index is -0.628. The zero-order chi connectivity index (χ0) is 15.2. The first-order valence-electron chi connectivity index (χ1n) is 6.86. The molecule has 1 N–H and O–H groups in total. The van der Waals surface area contributed by atoms with Crippen LogP contribution in [0.25, 0.3) is 0 Å². The summed E-state index contributed by atoms with van der Waals surface area (Å²) in [5, 5.41) is 12.0. The first-order valence-corrected chi connectivity index (χ1v) is 6.86. The maximum absolute atomic E-state index is 12.6. The number of hydrogen-bond acceptors (Lipinski definition) is 5. The Morgan fingerprint density at radius 3 is 3.05 bits per heavy atom. The zero-order valence-electron chi connectivity index (χ0n) is 11.8.